The topological polar surface area (TPSA) is 142 Å². The van der Waals surface area contributed by atoms with Crippen molar-refractivity contribution in [2.24, 2.45) is 5.73 Å². The third-order valence-electron chi connectivity index (χ3n) is 5.93. The quantitative estimate of drug-likeness (QED) is 0.284. The Kier molecular flexibility index (Phi) is 12.4. The molecule has 1 saturated heterocycles. The number of carbonyl (C=O) groups excluding carboxylic acids is 3. The van der Waals surface area contributed by atoms with Crippen molar-refractivity contribution in [3.8, 4) is 0 Å². The van der Waals surface area contributed by atoms with Gasteiger partial charge in [0, 0.05) is 13.0 Å². The van der Waals surface area contributed by atoms with Crippen LogP contribution in [0.25, 0.3) is 0 Å². The maximum Gasteiger partial charge on any atom is 0.326 e. The van der Waals surface area contributed by atoms with E-state index in [0.29, 0.717) is 31.6 Å². The molecule has 0 aliphatic carbocycles. The van der Waals surface area contributed by atoms with Gasteiger partial charge in [-0.25, -0.2) is 4.79 Å². The fourth-order valence-corrected chi connectivity index (χ4v) is 4.94. The number of rotatable bonds is 14. The molecule has 1 aliphatic heterocycles. The van der Waals surface area contributed by atoms with Crippen molar-refractivity contribution in [3.63, 3.8) is 0 Å². The highest BCUT2D eigenvalue weighted by Gasteiger charge is 2.37. The molecule has 35 heavy (non-hydrogen) atoms. The molecule has 1 heterocycles. The number of nitrogens with two attached hydrogens (primary N) is 1. The van der Waals surface area contributed by atoms with Crippen LogP contribution in [0.4, 0.5) is 0 Å². The second kappa shape index (κ2) is 15.0. The molecule has 1 fully saturated rings. The highest BCUT2D eigenvalue weighted by atomic mass is 32.2. The predicted molar refractivity (Wildman–Crippen MR) is 140 cm³/mol. The molecule has 9 nitrogen and oxygen atoms in total. The van der Waals surface area contributed by atoms with Crippen LogP contribution in [0.1, 0.15) is 31.2 Å². The average Bonchev–Trinajstić information content (AvgIpc) is 3.34. The van der Waals surface area contributed by atoms with Crippen LogP contribution in [0, 0.1) is 0 Å². The molecule has 1 aromatic rings. The number of carbonyl (C=O) groups is 4. The summed E-state index contributed by atoms with van der Waals surface area (Å²) < 4.78 is 0. The van der Waals surface area contributed by atoms with Crippen LogP contribution in [0.5, 0.6) is 0 Å². The van der Waals surface area contributed by atoms with Crippen molar-refractivity contribution in [1.29, 1.82) is 0 Å². The minimum Gasteiger partial charge on any atom is -0.480 e. The van der Waals surface area contributed by atoms with E-state index in [0.717, 1.165) is 11.3 Å². The van der Waals surface area contributed by atoms with Gasteiger partial charge >= 0.3 is 5.97 Å². The number of aliphatic carboxylic acids is 1. The van der Waals surface area contributed by atoms with Crippen molar-refractivity contribution in [3.05, 3.63) is 35.9 Å². The highest BCUT2D eigenvalue weighted by Crippen LogP contribution is 2.20. The molecule has 5 N–H and O–H groups in total. The first-order chi connectivity index (χ1) is 16.8. The largest absolute Gasteiger partial charge is 0.480 e. The maximum absolute atomic E-state index is 13.2. The summed E-state index contributed by atoms with van der Waals surface area (Å²) in [6.07, 6.45) is 5.95. The highest BCUT2D eigenvalue weighted by molar-refractivity contribution is 7.98. The van der Waals surface area contributed by atoms with Gasteiger partial charge in [0.05, 0.1) is 6.04 Å². The molecule has 1 aliphatic rings. The molecule has 0 spiro atoms. The first-order valence-electron chi connectivity index (χ1n) is 11.7. The Balaban J connectivity index is 2.15. The van der Waals surface area contributed by atoms with Gasteiger partial charge in [-0.2, -0.15) is 23.5 Å². The Labute approximate surface area is 215 Å². The molecule has 2 rings (SSSR count). The molecule has 0 aromatic heterocycles. The summed E-state index contributed by atoms with van der Waals surface area (Å²) in [5, 5.41) is 14.9. The van der Waals surface area contributed by atoms with Gasteiger partial charge in [0.2, 0.25) is 17.7 Å². The minimum atomic E-state index is -1.12. The zero-order chi connectivity index (χ0) is 25.8. The van der Waals surface area contributed by atoms with Crippen LogP contribution < -0.4 is 16.4 Å². The van der Waals surface area contributed by atoms with Gasteiger partial charge in [-0.05, 0) is 55.3 Å². The lowest BCUT2D eigenvalue weighted by molar-refractivity contribution is -0.143. The van der Waals surface area contributed by atoms with Gasteiger partial charge in [0.1, 0.15) is 18.1 Å². The Morgan fingerprint density at radius 2 is 1.71 bits per heavy atom. The second-order valence-electron chi connectivity index (χ2n) is 8.51. The van der Waals surface area contributed by atoms with Crippen LogP contribution in [0.15, 0.2) is 30.3 Å². The summed E-state index contributed by atoms with van der Waals surface area (Å²) in [6.45, 7) is 0.440. The molecular formula is C24H36N4O5S2. The molecule has 3 amide bonds. The third kappa shape index (κ3) is 9.05. The van der Waals surface area contributed by atoms with Crippen LogP contribution in [-0.4, -0.2) is 88.4 Å². The van der Waals surface area contributed by atoms with Crippen LogP contribution in [0.3, 0.4) is 0 Å². The molecule has 194 valence electrons. The van der Waals surface area contributed by atoms with Gasteiger partial charge in [0.15, 0.2) is 0 Å². The van der Waals surface area contributed by atoms with Gasteiger partial charge in [-0.3, -0.25) is 14.4 Å². The minimum absolute atomic E-state index is 0.196. The lowest BCUT2D eigenvalue weighted by Gasteiger charge is -2.28. The molecule has 0 bridgehead atoms. The normalized spacial score (nSPS) is 17.9. The number of carboxylic acid groups (broad SMARTS) is 1. The first kappa shape index (κ1) is 29.0. The number of likely N-dealkylation sites (tertiary alicyclic amines) is 1. The first-order valence-corrected chi connectivity index (χ1v) is 14.5. The molecule has 4 unspecified atom stereocenters. The van der Waals surface area contributed by atoms with E-state index in [1.165, 1.54) is 16.7 Å². The van der Waals surface area contributed by atoms with E-state index in [1.807, 2.05) is 42.8 Å². The third-order valence-corrected chi connectivity index (χ3v) is 7.22. The van der Waals surface area contributed by atoms with Crippen molar-refractivity contribution in [2.75, 3.05) is 30.6 Å². The summed E-state index contributed by atoms with van der Waals surface area (Å²) in [4.78, 5) is 52.4. The Bertz CT molecular complexity index is 858. The molecule has 11 heteroatoms. The van der Waals surface area contributed by atoms with E-state index >= 15 is 0 Å². The van der Waals surface area contributed by atoms with Crippen molar-refractivity contribution >= 4 is 47.2 Å². The number of amides is 3. The van der Waals surface area contributed by atoms with Crippen LogP contribution >= 0.6 is 23.5 Å². The number of benzene rings is 1. The number of hydrogen-bond donors (Lipinski definition) is 4. The van der Waals surface area contributed by atoms with E-state index in [4.69, 9.17) is 5.73 Å². The monoisotopic (exact) mass is 524 g/mol. The summed E-state index contributed by atoms with van der Waals surface area (Å²) in [5.41, 5.74) is 6.88. The summed E-state index contributed by atoms with van der Waals surface area (Å²) >= 11 is 3.09. The zero-order valence-corrected chi connectivity index (χ0v) is 21.9. The fraction of sp³-hybridized carbons (Fsp3) is 0.583. The number of carboxylic acids is 1. The lowest BCUT2D eigenvalue weighted by Crippen LogP contribution is -2.57. The van der Waals surface area contributed by atoms with Crippen LogP contribution in [-0.2, 0) is 25.6 Å². The van der Waals surface area contributed by atoms with Gasteiger partial charge < -0.3 is 26.4 Å². The van der Waals surface area contributed by atoms with Gasteiger partial charge in [-0.15, -0.1) is 0 Å². The van der Waals surface area contributed by atoms with Crippen LogP contribution in [0.2, 0.25) is 0 Å². The summed E-state index contributed by atoms with van der Waals surface area (Å²) in [5.74, 6) is -1.06. The second-order valence-corrected chi connectivity index (χ2v) is 10.5. The molecule has 1 aromatic carbocycles. The number of nitrogens with one attached hydrogen (secondary N) is 2. The van der Waals surface area contributed by atoms with E-state index < -0.39 is 42.0 Å². The standard InChI is InChI=1S/C24H36N4O5S2/c1-34-13-10-17(25)23(31)28-12-6-9-20(28)22(30)27-19(15-16-7-4-3-5-8-16)21(29)26-18(24(32)33)11-14-35-2/h3-5,7-8,17-20H,6,9-15,25H2,1-2H3,(H,26,29)(H,27,30)(H,32,33). The summed E-state index contributed by atoms with van der Waals surface area (Å²) in [7, 11) is 0. The molecule has 0 saturated carbocycles. The Morgan fingerprint density at radius 1 is 1.06 bits per heavy atom. The van der Waals surface area contributed by atoms with Gasteiger partial charge in [-0.1, -0.05) is 30.3 Å². The van der Waals surface area contributed by atoms with E-state index in [-0.39, 0.29) is 18.7 Å². The molecule has 4 atom stereocenters. The van der Waals surface area contributed by atoms with E-state index in [9.17, 15) is 24.3 Å². The smallest absolute Gasteiger partial charge is 0.326 e. The lowest BCUT2D eigenvalue weighted by atomic mass is 10.0. The maximum atomic E-state index is 13.2. The number of thioether (sulfide) groups is 2. The van der Waals surface area contributed by atoms with Crippen molar-refractivity contribution in [1.82, 2.24) is 15.5 Å². The zero-order valence-electron chi connectivity index (χ0n) is 20.3. The summed E-state index contributed by atoms with van der Waals surface area (Å²) in [6, 6.07) is 5.77. The molecular weight excluding hydrogens is 488 g/mol. The predicted octanol–water partition coefficient (Wildman–Crippen LogP) is 1.11. The van der Waals surface area contributed by atoms with Crippen molar-refractivity contribution in [2.45, 2.75) is 56.3 Å². The average molecular weight is 525 g/mol. The van der Waals surface area contributed by atoms with E-state index in [1.54, 1.807) is 11.8 Å². The van der Waals surface area contributed by atoms with E-state index in [2.05, 4.69) is 10.6 Å². The Morgan fingerprint density at radius 3 is 2.34 bits per heavy atom. The molecule has 0 radical (unpaired) electrons. The number of hydrogen-bond acceptors (Lipinski definition) is 7. The number of nitrogens with zero attached hydrogens (tertiary/aromatic N) is 1. The Hall–Kier alpha value is -2.24. The van der Waals surface area contributed by atoms with Crippen molar-refractivity contribution < 1.29 is 24.3 Å². The van der Waals surface area contributed by atoms with Gasteiger partial charge in [0.25, 0.3) is 0 Å². The fourth-order valence-electron chi connectivity index (χ4n) is 3.98. The SMILES string of the molecule is CSCCC(N)C(=O)N1CCCC1C(=O)NC(Cc1ccccc1)C(=O)NC(CCSC)C(=O)O.